The molecule has 0 unspecified atom stereocenters. The maximum Gasteiger partial charge on any atom is 0.230 e. The summed E-state index contributed by atoms with van der Waals surface area (Å²) >= 11 is 1.40. The number of benzene rings is 2. The van der Waals surface area contributed by atoms with Crippen LogP contribution in [-0.2, 0) is 17.8 Å². The molecule has 4 aromatic rings. The van der Waals surface area contributed by atoms with Gasteiger partial charge in [-0.2, -0.15) is 4.52 Å². The lowest BCUT2D eigenvalue weighted by molar-refractivity contribution is -0.904. The first-order valence-corrected chi connectivity index (χ1v) is 13.1. The van der Waals surface area contributed by atoms with E-state index in [-0.39, 0.29) is 11.7 Å². The van der Waals surface area contributed by atoms with Crippen LogP contribution in [-0.4, -0.2) is 50.9 Å². The van der Waals surface area contributed by atoms with Crippen LogP contribution in [0.2, 0.25) is 0 Å². The molecule has 3 heterocycles. The van der Waals surface area contributed by atoms with E-state index in [0.29, 0.717) is 11.7 Å². The Morgan fingerprint density at radius 2 is 1.85 bits per heavy atom. The molecule has 1 fully saturated rings. The third kappa shape index (κ3) is 5.39. The van der Waals surface area contributed by atoms with Crippen LogP contribution in [0.25, 0.3) is 16.6 Å². The Balaban J connectivity index is 1.30. The molecular weight excluding hydrogens is 444 g/mol. The van der Waals surface area contributed by atoms with Crippen molar-refractivity contribution in [3.63, 3.8) is 0 Å². The van der Waals surface area contributed by atoms with Gasteiger partial charge in [0.15, 0.2) is 16.6 Å². The molecule has 1 aliphatic heterocycles. The first-order chi connectivity index (χ1) is 16.7. The molecule has 2 N–H and O–H groups in total. The molecule has 176 valence electrons. The number of nitrogens with zero attached hydrogens (tertiary/aromatic N) is 4. The highest BCUT2D eigenvalue weighted by molar-refractivity contribution is 7.99. The molecule has 2 aromatic heterocycles. The predicted octanol–water partition coefficient (Wildman–Crippen LogP) is 2.61. The molecular formula is C26H31N6OS+. The highest BCUT2D eigenvalue weighted by atomic mass is 32.2. The number of aromatic nitrogens is 4. The third-order valence-electron chi connectivity index (χ3n) is 6.40. The van der Waals surface area contributed by atoms with Gasteiger partial charge in [0.25, 0.3) is 0 Å². The van der Waals surface area contributed by atoms with Crippen molar-refractivity contribution < 1.29 is 9.69 Å². The van der Waals surface area contributed by atoms with Crippen molar-refractivity contribution in [3.05, 3.63) is 65.5 Å². The van der Waals surface area contributed by atoms with Gasteiger partial charge in [-0.15, -0.1) is 5.10 Å². The second-order valence-electron chi connectivity index (χ2n) is 9.04. The van der Waals surface area contributed by atoms with Gasteiger partial charge in [-0.3, -0.25) is 4.79 Å². The SMILES string of the molecule is Cc1ccc(CNC(=O)CSc2nc3ccccc3c3nc(CC[NH+]4CCCCC4)nn23)cc1. The summed E-state index contributed by atoms with van der Waals surface area (Å²) in [4.78, 5) is 23.9. The standard InChI is InChI=1S/C26H30N6OS/c1-19-9-11-20(12-10-19)17-27-24(33)18-34-26-28-22-8-4-3-7-21(22)25-29-23(30-32(25)26)13-16-31-14-5-2-6-15-31/h3-4,7-12H,2,5-6,13-18H2,1H3,(H,27,33)/p+1. The van der Waals surface area contributed by atoms with Gasteiger partial charge in [0.2, 0.25) is 5.91 Å². The summed E-state index contributed by atoms with van der Waals surface area (Å²) in [5, 5.41) is 9.49. The first-order valence-electron chi connectivity index (χ1n) is 12.1. The monoisotopic (exact) mass is 475 g/mol. The quantitative estimate of drug-likeness (QED) is 0.303. The van der Waals surface area contributed by atoms with E-state index in [1.54, 1.807) is 4.90 Å². The van der Waals surface area contributed by atoms with Crippen LogP contribution < -0.4 is 10.2 Å². The molecule has 0 bridgehead atoms. The van der Waals surface area contributed by atoms with E-state index in [9.17, 15) is 4.79 Å². The lowest BCUT2D eigenvalue weighted by Crippen LogP contribution is -3.13. The number of carbonyl (C=O) groups is 1. The Morgan fingerprint density at radius 1 is 1.06 bits per heavy atom. The number of para-hydroxylation sites is 1. The number of thioether (sulfide) groups is 1. The van der Waals surface area contributed by atoms with Crippen LogP contribution in [0.1, 0.15) is 36.2 Å². The lowest BCUT2D eigenvalue weighted by Gasteiger charge is -2.22. The molecule has 1 saturated heterocycles. The zero-order chi connectivity index (χ0) is 23.3. The summed E-state index contributed by atoms with van der Waals surface area (Å²) in [5.41, 5.74) is 3.99. The lowest BCUT2D eigenvalue weighted by atomic mass is 10.1. The maximum absolute atomic E-state index is 12.5. The molecule has 0 spiro atoms. The molecule has 0 radical (unpaired) electrons. The zero-order valence-corrected chi connectivity index (χ0v) is 20.4. The van der Waals surface area contributed by atoms with Crippen molar-refractivity contribution in [2.45, 2.75) is 44.3 Å². The highest BCUT2D eigenvalue weighted by Gasteiger charge is 2.18. The number of rotatable bonds is 8. The van der Waals surface area contributed by atoms with Gasteiger partial charge in [-0.25, -0.2) is 9.97 Å². The average molecular weight is 476 g/mol. The number of fused-ring (bicyclic) bond motifs is 3. The number of piperidine rings is 1. The summed E-state index contributed by atoms with van der Waals surface area (Å²) in [6, 6.07) is 16.2. The fourth-order valence-corrected chi connectivity index (χ4v) is 5.23. The third-order valence-corrected chi connectivity index (χ3v) is 7.33. The van der Waals surface area contributed by atoms with Gasteiger partial charge in [0, 0.05) is 11.9 Å². The predicted molar refractivity (Wildman–Crippen MR) is 135 cm³/mol. The number of hydrogen-bond donors (Lipinski definition) is 2. The number of quaternary nitrogens is 1. The van der Waals surface area contributed by atoms with Crippen LogP contribution in [0.15, 0.2) is 53.7 Å². The van der Waals surface area contributed by atoms with E-state index in [0.717, 1.165) is 40.9 Å². The minimum absolute atomic E-state index is 0.0253. The van der Waals surface area contributed by atoms with E-state index in [2.05, 4.69) is 24.4 Å². The highest BCUT2D eigenvalue weighted by Crippen LogP contribution is 2.24. The zero-order valence-electron chi connectivity index (χ0n) is 19.6. The van der Waals surface area contributed by atoms with Crippen molar-refractivity contribution in [2.24, 2.45) is 0 Å². The number of likely N-dealkylation sites (tertiary alicyclic amines) is 1. The molecule has 1 amide bonds. The van der Waals surface area contributed by atoms with Crippen molar-refractivity contribution >= 4 is 34.2 Å². The Kier molecular flexibility index (Phi) is 7.06. The van der Waals surface area contributed by atoms with Crippen LogP contribution in [0.5, 0.6) is 0 Å². The minimum Gasteiger partial charge on any atom is -0.351 e. The van der Waals surface area contributed by atoms with Crippen LogP contribution in [0.4, 0.5) is 0 Å². The number of carbonyl (C=O) groups excluding carboxylic acids is 1. The number of amides is 1. The van der Waals surface area contributed by atoms with Gasteiger partial charge in [-0.1, -0.05) is 53.7 Å². The Bertz CT molecular complexity index is 1280. The molecule has 1 aliphatic rings. The van der Waals surface area contributed by atoms with E-state index >= 15 is 0 Å². The molecule has 0 saturated carbocycles. The molecule has 34 heavy (non-hydrogen) atoms. The van der Waals surface area contributed by atoms with E-state index < -0.39 is 0 Å². The van der Waals surface area contributed by atoms with Gasteiger partial charge in [0.1, 0.15) is 0 Å². The Hall–Kier alpha value is -2.97. The number of hydrogen-bond acceptors (Lipinski definition) is 5. The normalized spacial score (nSPS) is 14.6. The van der Waals surface area contributed by atoms with Gasteiger partial charge >= 0.3 is 0 Å². The Morgan fingerprint density at radius 3 is 2.68 bits per heavy atom. The van der Waals surface area contributed by atoms with Crippen molar-refractivity contribution in [1.82, 2.24) is 24.9 Å². The molecule has 0 atom stereocenters. The van der Waals surface area contributed by atoms with Crippen LogP contribution in [0.3, 0.4) is 0 Å². The fraction of sp³-hybridized carbons (Fsp3) is 0.385. The molecule has 2 aromatic carbocycles. The average Bonchev–Trinajstić information content (AvgIpc) is 3.31. The topological polar surface area (TPSA) is 76.6 Å². The first kappa shape index (κ1) is 22.8. The van der Waals surface area contributed by atoms with Crippen molar-refractivity contribution in [2.75, 3.05) is 25.4 Å². The molecule has 8 heteroatoms. The summed E-state index contributed by atoms with van der Waals surface area (Å²) < 4.78 is 1.82. The molecule has 5 rings (SSSR count). The summed E-state index contributed by atoms with van der Waals surface area (Å²) in [6.45, 7) is 6.13. The van der Waals surface area contributed by atoms with Crippen molar-refractivity contribution in [3.8, 4) is 0 Å². The maximum atomic E-state index is 12.5. The van der Waals surface area contributed by atoms with E-state index in [4.69, 9.17) is 15.1 Å². The fourth-order valence-electron chi connectivity index (χ4n) is 4.45. The Labute approximate surface area is 204 Å². The number of aryl methyl sites for hydroxylation is 1. The van der Waals surface area contributed by atoms with E-state index in [1.807, 2.05) is 40.9 Å². The second-order valence-corrected chi connectivity index (χ2v) is 9.98. The number of nitrogens with one attached hydrogen (secondary N) is 2. The van der Waals surface area contributed by atoms with Gasteiger partial charge in [-0.05, 0) is 43.9 Å². The van der Waals surface area contributed by atoms with Crippen LogP contribution >= 0.6 is 11.8 Å². The molecule has 7 nitrogen and oxygen atoms in total. The van der Waals surface area contributed by atoms with Gasteiger partial charge < -0.3 is 10.2 Å². The second kappa shape index (κ2) is 10.5. The minimum atomic E-state index is -0.0253. The summed E-state index contributed by atoms with van der Waals surface area (Å²) in [6.07, 6.45) is 4.84. The molecule has 0 aliphatic carbocycles. The van der Waals surface area contributed by atoms with Crippen molar-refractivity contribution in [1.29, 1.82) is 0 Å². The largest absolute Gasteiger partial charge is 0.351 e. The smallest absolute Gasteiger partial charge is 0.230 e. The van der Waals surface area contributed by atoms with E-state index in [1.165, 1.54) is 49.7 Å². The van der Waals surface area contributed by atoms with Gasteiger partial charge in [0.05, 0.1) is 37.3 Å². The van der Waals surface area contributed by atoms with Crippen LogP contribution in [0, 0.1) is 6.92 Å². The summed E-state index contributed by atoms with van der Waals surface area (Å²) in [7, 11) is 0. The summed E-state index contributed by atoms with van der Waals surface area (Å²) in [5.74, 6) is 1.10.